The van der Waals surface area contributed by atoms with Gasteiger partial charge in [-0.25, -0.2) is 0 Å². The number of benzene rings is 2. The molecule has 1 heterocycles. The largest absolute Gasteiger partial charge is 0.387 e. The van der Waals surface area contributed by atoms with Crippen LogP contribution < -0.4 is 4.90 Å². The third-order valence-corrected chi connectivity index (χ3v) is 6.17. The molecule has 0 spiro atoms. The van der Waals surface area contributed by atoms with Crippen LogP contribution in [-0.4, -0.2) is 85.3 Å². The van der Waals surface area contributed by atoms with Crippen molar-refractivity contribution in [2.75, 3.05) is 57.4 Å². The standard InChI is InChI=1S/C26H34ClN3O4/c1-20(2)34-18-17-30(25(32)19-31)24-9-5-22(6-10-24)26(33)29-15-13-28(14-16-29)12-11-21-3-7-23(27)8-4-21/h3-10,20,31H,11-19H2,1-2H3. The van der Waals surface area contributed by atoms with E-state index in [0.29, 0.717) is 37.5 Å². The van der Waals surface area contributed by atoms with E-state index in [1.54, 1.807) is 24.3 Å². The Balaban J connectivity index is 1.51. The molecule has 1 saturated heterocycles. The minimum atomic E-state index is -0.579. The fourth-order valence-corrected chi connectivity index (χ4v) is 4.07. The fourth-order valence-electron chi connectivity index (χ4n) is 3.94. The lowest BCUT2D eigenvalue weighted by molar-refractivity contribution is -0.121. The fraction of sp³-hybridized carbons (Fsp3) is 0.462. The van der Waals surface area contributed by atoms with Gasteiger partial charge in [-0.2, -0.15) is 0 Å². The Morgan fingerprint density at radius 1 is 1.03 bits per heavy atom. The van der Waals surface area contributed by atoms with Gasteiger partial charge in [0, 0.05) is 55.5 Å². The number of nitrogens with zero attached hydrogens (tertiary/aromatic N) is 3. The Morgan fingerprint density at radius 2 is 1.68 bits per heavy atom. The van der Waals surface area contributed by atoms with Crippen molar-refractivity contribution in [2.45, 2.75) is 26.4 Å². The van der Waals surface area contributed by atoms with Gasteiger partial charge in [-0.05, 0) is 62.2 Å². The van der Waals surface area contributed by atoms with E-state index in [2.05, 4.69) is 17.0 Å². The highest BCUT2D eigenvalue weighted by molar-refractivity contribution is 6.30. The van der Waals surface area contributed by atoms with E-state index in [0.717, 1.165) is 31.1 Å². The molecule has 1 aliphatic rings. The Kier molecular flexibility index (Phi) is 9.89. The van der Waals surface area contributed by atoms with E-state index in [-0.39, 0.29) is 12.0 Å². The molecule has 1 N–H and O–H groups in total. The molecule has 0 aliphatic carbocycles. The minimum Gasteiger partial charge on any atom is -0.387 e. The average Bonchev–Trinajstić information content (AvgIpc) is 2.86. The van der Waals surface area contributed by atoms with Crippen LogP contribution in [0.3, 0.4) is 0 Å². The van der Waals surface area contributed by atoms with Crippen LogP contribution in [0.15, 0.2) is 48.5 Å². The molecule has 2 amide bonds. The van der Waals surface area contributed by atoms with Crippen molar-refractivity contribution in [2.24, 2.45) is 0 Å². The van der Waals surface area contributed by atoms with Crippen molar-refractivity contribution in [3.05, 3.63) is 64.7 Å². The van der Waals surface area contributed by atoms with Crippen molar-refractivity contribution in [3.63, 3.8) is 0 Å². The summed E-state index contributed by atoms with van der Waals surface area (Å²) in [4.78, 5) is 30.9. The van der Waals surface area contributed by atoms with Crippen LogP contribution in [0.4, 0.5) is 5.69 Å². The number of hydrogen-bond donors (Lipinski definition) is 1. The molecule has 184 valence electrons. The molecule has 2 aromatic rings. The van der Waals surface area contributed by atoms with Gasteiger partial charge in [-0.15, -0.1) is 0 Å². The summed E-state index contributed by atoms with van der Waals surface area (Å²) in [7, 11) is 0. The summed E-state index contributed by atoms with van der Waals surface area (Å²) in [5, 5.41) is 10.1. The van der Waals surface area contributed by atoms with Crippen molar-refractivity contribution >= 4 is 29.1 Å². The number of halogens is 1. The maximum Gasteiger partial charge on any atom is 0.253 e. The maximum atomic E-state index is 13.0. The van der Waals surface area contributed by atoms with Crippen molar-refractivity contribution in [3.8, 4) is 0 Å². The zero-order valence-corrected chi connectivity index (χ0v) is 20.7. The smallest absolute Gasteiger partial charge is 0.253 e. The van der Waals surface area contributed by atoms with Gasteiger partial charge in [0.2, 0.25) is 0 Å². The number of carbonyl (C=O) groups is 2. The number of aliphatic hydroxyl groups excluding tert-OH is 1. The molecule has 1 aliphatic heterocycles. The monoisotopic (exact) mass is 487 g/mol. The second-order valence-electron chi connectivity index (χ2n) is 8.68. The van der Waals surface area contributed by atoms with Crippen LogP contribution in [0.2, 0.25) is 5.02 Å². The molecule has 0 radical (unpaired) electrons. The van der Waals surface area contributed by atoms with Gasteiger partial charge in [0.1, 0.15) is 6.61 Å². The Bertz CT molecular complexity index is 926. The van der Waals surface area contributed by atoms with Crippen molar-refractivity contribution in [1.29, 1.82) is 0 Å². The Morgan fingerprint density at radius 3 is 2.26 bits per heavy atom. The second-order valence-corrected chi connectivity index (χ2v) is 9.12. The summed E-state index contributed by atoms with van der Waals surface area (Å²) in [6.45, 7) is 7.98. The van der Waals surface area contributed by atoms with E-state index in [1.165, 1.54) is 10.5 Å². The molecule has 1 fully saturated rings. The molecule has 0 aromatic heterocycles. The lowest BCUT2D eigenvalue weighted by atomic mass is 10.1. The Hall–Kier alpha value is -2.45. The van der Waals surface area contributed by atoms with E-state index < -0.39 is 12.5 Å². The number of hydrogen-bond acceptors (Lipinski definition) is 5. The molecule has 34 heavy (non-hydrogen) atoms. The zero-order chi connectivity index (χ0) is 24.5. The number of anilines is 1. The molecule has 2 aromatic carbocycles. The van der Waals surface area contributed by atoms with Gasteiger partial charge in [0.25, 0.3) is 11.8 Å². The molecular weight excluding hydrogens is 454 g/mol. The van der Waals surface area contributed by atoms with Gasteiger partial charge in [0.05, 0.1) is 12.7 Å². The van der Waals surface area contributed by atoms with Gasteiger partial charge in [0.15, 0.2) is 0 Å². The third-order valence-electron chi connectivity index (χ3n) is 5.92. The van der Waals surface area contributed by atoms with Gasteiger partial charge in [-0.1, -0.05) is 23.7 Å². The molecule has 0 bridgehead atoms. The summed E-state index contributed by atoms with van der Waals surface area (Å²) in [5.74, 6) is -0.409. The summed E-state index contributed by atoms with van der Waals surface area (Å²) in [6.07, 6.45) is 1.02. The molecule has 0 atom stereocenters. The van der Waals surface area contributed by atoms with Crippen molar-refractivity contribution < 1.29 is 19.4 Å². The summed E-state index contributed by atoms with van der Waals surface area (Å²) >= 11 is 5.95. The molecule has 7 nitrogen and oxygen atoms in total. The predicted molar refractivity (Wildman–Crippen MR) is 134 cm³/mol. The topological polar surface area (TPSA) is 73.3 Å². The maximum absolute atomic E-state index is 13.0. The summed E-state index contributed by atoms with van der Waals surface area (Å²) in [5.41, 5.74) is 2.48. The van der Waals surface area contributed by atoms with E-state index in [9.17, 15) is 14.7 Å². The van der Waals surface area contributed by atoms with Crippen LogP contribution in [0.1, 0.15) is 29.8 Å². The number of aliphatic hydroxyl groups is 1. The predicted octanol–water partition coefficient (Wildman–Crippen LogP) is 3.09. The number of amides is 2. The highest BCUT2D eigenvalue weighted by atomic mass is 35.5. The van der Waals surface area contributed by atoms with E-state index in [4.69, 9.17) is 16.3 Å². The molecule has 3 rings (SSSR count). The van der Waals surface area contributed by atoms with Crippen LogP contribution in [0.25, 0.3) is 0 Å². The molecule has 0 unspecified atom stereocenters. The van der Waals surface area contributed by atoms with E-state index in [1.807, 2.05) is 30.9 Å². The van der Waals surface area contributed by atoms with E-state index >= 15 is 0 Å². The number of piperazine rings is 1. The normalized spacial score (nSPS) is 14.4. The molecular formula is C26H34ClN3O4. The Labute approximate surface area is 206 Å². The SMILES string of the molecule is CC(C)OCCN(C(=O)CO)c1ccc(C(=O)N2CCN(CCc3ccc(Cl)cc3)CC2)cc1. The number of carbonyl (C=O) groups excluding carboxylic acids is 2. The summed E-state index contributed by atoms with van der Waals surface area (Å²) in [6, 6.07) is 14.9. The minimum absolute atomic E-state index is 0.00734. The lowest BCUT2D eigenvalue weighted by Crippen LogP contribution is -2.49. The first-order valence-electron chi connectivity index (χ1n) is 11.8. The van der Waals surface area contributed by atoms with Gasteiger partial charge < -0.3 is 19.6 Å². The van der Waals surface area contributed by atoms with Gasteiger partial charge in [-0.3, -0.25) is 14.5 Å². The first-order valence-corrected chi connectivity index (χ1v) is 12.1. The zero-order valence-electron chi connectivity index (χ0n) is 20.0. The summed E-state index contributed by atoms with van der Waals surface area (Å²) < 4.78 is 5.54. The third kappa shape index (κ3) is 7.53. The highest BCUT2D eigenvalue weighted by Gasteiger charge is 2.22. The first kappa shape index (κ1) is 26.2. The highest BCUT2D eigenvalue weighted by Crippen LogP contribution is 2.18. The van der Waals surface area contributed by atoms with Gasteiger partial charge >= 0.3 is 0 Å². The lowest BCUT2D eigenvalue weighted by Gasteiger charge is -2.35. The molecule has 0 saturated carbocycles. The van der Waals surface area contributed by atoms with Crippen LogP contribution in [0, 0.1) is 0 Å². The second kappa shape index (κ2) is 12.9. The molecule has 8 heteroatoms. The first-order chi connectivity index (χ1) is 16.4. The average molecular weight is 488 g/mol. The van der Waals surface area contributed by atoms with Crippen LogP contribution in [0.5, 0.6) is 0 Å². The van der Waals surface area contributed by atoms with Crippen LogP contribution >= 0.6 is 11.6 Å². The number of ether oxygens (including phenoxy) is 1. The van der Waals surface area contributed by atoms with Crippen molar-refractivity contribution in [1.82, 2.24) is 9.80 Å². The number of rotatable bonds is 10. The van der Waals surface area contributed by atoms with Crippen LogP contribution in [-0.2, 0) is 16.0 Å². The quantitative estimate of drug-likeness (QED) is 0.557.